The standard InChI is InChI=1S/C15H20/c1-5-14(12(2)3)10-11-15-9-7-6-8-13(15)4/h6-11,13H,2,5H2,1,3-4H3/b14-10-,15-11-. The predicted octanol–water partition coefficient (Wildman–Crippen LogP) is 4.59. The van der Waals surface area contributed by atoms with Crippen LogP contribution < -0.4 is 0 Å². The van der Waals surface area contributed by atoms with Crippen molar-refractivity contribution in [1.29, 1.82) is 0 Å². The fourth-order valence-corrected chi connectivity index (χ4v) is 1.63. The van der Waals surface area contributed by atoms with Crippen molar-refractivity contribution in [1.82, 2.24) is 0 Å². The molecule has 1 atom stereocenters. The van der Waals surface area contributed by atoms with Crippen molar-refractivity contribution in [2.45, 2.75) is 27.2 Å². The fraction of sp³-hybridized carbons (Fsp3) is 0.333. The molecule has 0 aliphatic heterocycles. The summed E-state index contributed by atoms with van der Waals surface area (Å²) in [6.45, 7) is 10.4. The molecule has 0 aromatic rings. The molecule has 0 aromatic heterocycles. The third-order valence-corrected chi connectivity index (χ3v) is 2.73. The van der Waals surface area contributed by atoms with E-state index < -0.39 is 0 Å². The number of hydrogen-bond acceptors (Lipinski definition) is 0. The maximum Gasteiger partial charge on any atom is -0.000732 e. The zero-order chi connectivity index (χ0) is 11.3. The van der Waals surface area contributed by atoms with Gasteiger partial charge in [-0.05, 0) is 30.4 Å². The van der Waals surface area contributed by atoms with Crippen molar-refractivity contribution in [3.63, 3.8) is 0 Å². The Labute approximate surface area is 93.4 Å². The minimum Gasteiger partial charge on any atom is -0.0958 e. The Bertz CT molecular complexity index is 348. The molecule has 0 saturated heterocycles. The van der Waals surface area contributed by atoms with Gasteiger partial charge in [0.05, 0.1) is 0 Å². The second-order valence-electron chi connectivity index (χ2n) is 4.03. The minimum absolute atomic E-state index is 0.523. The van der Waals surface area contributed by atoms with Crippen LogP contribution in [0.15, 0.2) is 59.8 Å². The molecular formula is C15H20. The molecule has 1 aliphatic carbocycles. The summed E-state index contributed by atoms with van der Waals surface area (Å²) in [4.78, 5) is 0. The normalized spacial score (nSPS) is 23.5. The Morgan fingerprint density at radius 3 is 2.73 bits per heavy atom. The highest BCUT2D eigenvalue weighted by Crippen LogP contribution is 2.19. The molecule has 0 fully saturated rings. The molecule has 0 heterocycles. The maximum atomic E-state index is 3.98. The molecule has 0 radical (unpaired) electrons. The third-order valence-electron chi connectivity index (χ3n) is 2.73. The van der Waals surface area contributed by atoms with Gasteiger partial charge in [0.1, 0.15) is 0 Å². The van der Waals surface area contributed by atoms with E-state index >= 15 is 0 Å². The molecule has 0 amide bonds. The van der Waals surface area contributed by atoms with Gasteiger partial charge in [0.15, 0.2) is 0 Å². The summed E-state index contributed by atoms with van der Waals surface area (Å²) in [5.74, 6) is 0.523. The molecule has 1 rings (SSSR count). The lowest BCUT2D eigenvalue weighted by Crippen LogP contribution is -1.95. The SMILES string of the molecule is C=C(C)/C(=C\C=C1\C=CC=CC1C)CC. The van der Waals surface area contributed by atoms with Crippen LogP contribution in [0.2, 0.25) is 0 Å². The first kappa shape index (κ1) is 11.8. The summed E-state index contributed by atoms with van der Waals surface area (Å²) in [7, 11) is 0. The van der Waals surface area contributed by atoms with E-state index in [2.05, 4.69) is 63.8 Å². The van der Waals surface area contributed by atoms with Crippen LogP contribution in [0.4, 0.5) is 0 Å². The lowest BCUT2D eigenvalue weighted by molar-refractivity contribution is 0.883. The zero-order valence-corrected chi connectivity index (χ0v) is 9.96. The second-order valence-corrected chi connectivity index (χ2v) is 4.03. The van der Waals surface area contributed by atoms with Gasteiger partial charge in [0.2, 0.25) is 0 Å². The van der Waals surface area contributed by atoms with Crippen LogP contribution in [0.5, 0.6) is 0 Å². The first-order chi connectivity index (χ1) is 7.15. The molecule has 0 N–H and O–H groups in total. The van der Waals surface area contributed by atoms with E-state index in [0.29, 0.717) is 5.92 Å². The van der Waals surface area contributed by atoms with Crippen LogP contribution in [0.3, 0.4) is 0 Å². The molecule has 0 heteroatoms. The number of rotatable bonds is 3. The van der Waals surface area contributed by atoms with Crippen LogP contribution in [-0.2, 0) is 0 Å². The fourth-order valence-electron chi connectivity index (χ4n) is 1.63. The molecule has 80 valence electrons. The Morgan fingerprint density at radius 1 is 1.47 bits per heavy atom. The highest BCUT2D eigenvalue weighted by atomic mass is 14.1. The lowest BCUT2D eigenvalue weighted by atomic mass is 9.95. The molecule has 15 heavy (non-hydrogen) atoms. The first-order valence-corrected chi connectivity index (χ1v) is 5.56. The number of allylic oxidation sites excluding steroid dienone is 9. The van der Waals surface area contributed by atoms with Crippen molar-refractivity contribution in [2.75, 3.05) is 0 Å². The Kier molecular flexibility index (Phi) is 4.36. The van der Waals surface area contributed by atoms with Crippen molar-refractivity contribution < 1.29 is 0 Å². The molecule has 0 spiro atoms. The van der Waals surface area contributed by atoms with Gasteiger partial charge >= 0.3 is 0 Å². The molecule has 0 bridgehead atoms. The summed E-state index contributed by atoms with van der Waals surface area (Å²) >= 11 is 0. The number of hydrogen-bond donors (Lipinski definition) is 0. The monoisotopic (exact) mass is 200 g/mol. The second kappa shape index (κ2) is 5.55. The largest absolute Gasteiger partial charge is 0.0958 e. The van der Waals surface area contributed by atoms with Crippen molar-refractivity contribution in [3.8, 4) is 0 Å². The third kappa shape index (κ3) is 3.39. The average Bonchev–Trinajstić information content (AvgIpc) is 2.21. The van der Waals surface area contributed by atoms with Crippen LogP contribution in [0, 0.1) is 5.92 Å². The summed E-state index contributed by atoms with van der Waals surface area (Å²) in [6, 6.07) is 0. The van der Waals surface area contributed by atoms with Crippen molar-refractivity contribution in [2.24, 2.45) is 5.92 Å². The first-order valence-electron chi connectivity index (χ1n) is 5.56. The maximum absolute atomic E-state index is 3.98. The quantitative estimate of drug-likeness (QED) is 0.585. The Morgan fingerprint density at radius 2 is 2.20 bits per heavy atom. The van der Waals surface area contributed by atoms with Crippen LogP contribution >= 0.6 is 0 Å². The summed E-state index contributed by atoms with van der Waals surface area (Å²) in [6.07, 6.45) is 14.0. The summed E-state index contributed by atoms with van der Waals surface area (Å²) in [5.41, 5.74) is 3.86. The summed E-state index contributed by atoms with van der Waals surface area (Å²) in [5, 5.41) is 0. The van der Waals surface area contributed by atoms with Gasteiger partial charge in [-0.1, -0.05) is 62.5 Å². The Balaban J connectivity index is 2.83. The zero-order valence-electron chi connectivity index (χ0n) is 9.96. The van der Waals surface area contributed by atoms with E-state index in [-0.39, 0.29) is 0 Å². The molecule has 1 unspecified atom stereocenters. The Hall–Kier alpha value is -1.30. The van der Waals surface area contributed by atoms with E-state index in [0.717, 1.165) is 12.0 Å². The van der Waals surface area contributed by atoms with Gasteiger partial charge in [-0.25, -0.2) is 0 Å². The predicted molar refractivity (Wildman–Crippen MR) is 68.7 cm³/mol. The van der Waals surface area contributed by atoms with Crippen LogP contribution in [0.25, 0.3) is 0 Å². The van der Waals surface area contributed by atoms with E-state index in [1.807, 2.05) is 0 Å². The smallest absolute Gasteiger partial charge is 0.000732 e. The highest BCUT2D eigenvalue weighted by Gasteiger charge is 2.03. The van der Waals surface area contributed by atoms with E-state index in [9.17, 15) is 0 Å². The highest BCUT2D eigenvalue weighted by molar-refractivity contribution is 5.38. The average molecular weight is 200 g/mol. The van der Waals surface area contributed by atoms with Crippen LogP contribution in [-0.4, -0.2) is 0 Å². The molecule has 0 saturated carbocycles. The topological polar surface area (TPSA) is 0 Å². The van der Waals surface area contributed by atoms with Crippen LogP contribution in [0.1, 0.15) is 27.2 Å². The van der Waals surface area contributed by atoms with Gasteiger partial charge in [-0.2, -0.15) is 0 Å². The van der Waals surface area contributed by atoms with E-state index in [4.69, 9.17) is 0 Å². The van der Waals surface area contributed by atoms with Gasteiger partial charge < -0.3 is 0 Å². The van der Waals surface area contributed by atoms with Crippen molar-refractivity contribution >= 4 is 0 Å². The minimum atomic E-state index is 0.523. The van der Waals surface area contributed by atoms with Gasteiger partial charge in [-0.3, -0.25) is 0 Å². The van der Waals surface area contributed by atoms with Gasteiger partial charge in [0, 0.05) is 0 Å². The van der Waals surface area contributed by atoms with Gasteiger partial charge in [-0.15, -0.1) is 0 Å². The summed E-state index contributed by atoms with van der Waals surface area (Å²) < 4.78 is 0. The molecular weight excluding hydrogens is 180 g/mol. The van der Waals surface area contributed by atoms with Crippen molar-refractivity contribution in [3.05, 3.63) is 59.8 Å². The molecule has 0 aromatic carbocycles. The van der Waals surface area contributed by atoms with E-state index in [1.54, 1.807) is 0 Å². The lowest BCUT2D eigenvalue weighted by Gasteiger charge is -2.10. The van der Waals surface area contributed by atoms with Gasteiger partial charge in [0.25, 0.3) is 0 Å². The molecule has 1 aliphatic rings. The van der Waals surface area contributed by atoms with E-state index in [1.165, 1.54) is 11.1 Å². The molecule has 0 nitrogen and oxygen atoms in total.